The number of carbonyl (C=O) groups is 1. The normalized spacial score (nSPS) is 19.9. The Morgan fingerprint density at radius 2 is 2.14 bits per heavy atom. The summed E-state index contributed by atoms with van der Waals surface area (Å²) >= 11 is 5.68. The maximum Gasteiger partial charge on any atom is 0.338 e. The van der Waals surface area contributed by atoms with E-state index < -0.39 is 32.3 Å². The molecule has 1 aliphatic heterocycles. The van der Waals surface area contributed by atoms with Gasteiger partial charge in [-0.2, -0.15) is 4.31 Å². The Labute approximate surface area is 125 Å². The number of rotatable bonds is 4. The second-order valence-corrected chi connectivity index (χ2v) is 7.11. The van der Waals surface area contributed by atoms with Crippen LogP contribution in [-0.4, -0.2) is 48.6 Å². The van der Waals surface area contributed by atoms with Gasteiger partial charge in [-0.1, -0.05) is 11.6 Å². The molecular weight excluding hydrogens is 325 g/mol. The first kappa shape index (κ1) is 16.2. The molecule has 1 fully saturated rings. The smallest absolute Gasteiger partial charge is 0.338 e. The largest absolute Gasteiger partial charge is 0.478 e. The first-order valence-electron chi connectivity index (χ1n) is 6.10. The van der Waals surface area contributed by atoms with Crippen LogP contribution in [0.2, 0.25) is 5.02 Å². The van der Waals surface area contributed by atoms with Crippen LogP contribution in [-0.2, 0) is 10.0 Å². The summed E-state index contributed by atoms with van der Waals surface area (Å²) in [4.78, 5) is 10.2. The first-order chi connectivity index (χ1) is 9.77. The Morgan fingerprint density at radius 3 is 2.67 bits per heavy atom. The fourth-order valence-corrected chi connectivity index (χ4v) is 4.14. The molecule has 116 valence electrons. The molecule has 1 unspecified atom stereocenters. The summed E-state index contributed by atoms with van der Waals surface area (Å²) in [5, 5.41) is 17.8. The predicted molar refractivity (Wildman–Crippen MR) is 72.3 cm³/mol. The molecule has 0 radical (unpaired) electrons. The number of nitrogens with zero attached hydrogens (tertiary/aromatic N) is 1. The third-order valence-corrected chi connectivity index (χ3v) is 5.44. The lowest BCUT2D eigenvalue weighted by Gasteiger charge is -2.17. The number of hydrogen-bond donors (Lipinski definition) is 2. The SMILES string of the molecule is O=C(O)c1cc(Cl)cc(S(=O)(=O)N2CCC(CO)C2)c1F. The summed E-state index contributed by atoms with van der Waals surface area (Å²) < 4.78 is 40.0. The topological polar surface area (TPSA) is 94.9 Å². The van der Waals surface area contributed by atoms with Crippen LogP contribution in [0, 0.1) is 11.7 Å². The third kappa shape index (κ3) is 3.03. The van der Waals surface area contributed by atoms with Gasteiger partial charge in [0.1, 0.15) is 4.90 Å². The Balaban J connectivity index is 2.48. The van der Waals surface area contributed by atoms with Gasteiger partial charge in [0, 0.05) is 24.7 Å². The summed E-state index contributed by atoms with van der Waals surface area (Å²) in [6, 6.07) is 1.75. The van der Waals surface area contributed by atoms with Crippen LogP contribution in [0.4, 0.5) is 4.39 Å². The Bertz CT molecular complexity index is 678. The molecule has 0 amide bonds. The van der Waals surface area contributed by atoms with Crippen molar-refractivity contribution in [2.45, 2.75) is 11.3 Å². The summed E-state index contributed by atoms with van der Waals surface area (Å²) in [6.45, 7) is 0.0412. The monoisotopic (exact) mass is 337 g/mol. The highest BCUT2D eigenvalue weighted by Gasteiger charge is 2.35. The molecule has 0 saturated carbocycles. The lowest BCUT2D eigenvalue weighted by molar-refractivity contribution is 0.0691. The standard InChI is InChI=1S/C12H13ClFNO5S/c13-8-3-9(12(17)18)11(14)10(4-8)21(19,20)15-2-1-7(5-15)6-16/h3-4,7,16H,1-2,5-6H2,(H,17,18). The van der Waals surface area contributed by atoms with Gasteiger partial charge < -0.3 is 10.2 Å². The molecule has 0 aliphatic carbocycles. The maximum absolute atomic E-state index is 14.1. The molecule has 2 rings (SSSR count). The summed E-state index contributed by atoms with van der Waals surface area (Å²) in [5.41, 5.74) is -0.793. The van der Waals surface area contributed by atoms with Crippen molar-refractivity contribution in [3.63, 3.8) is 0 Å². The van der Waals surface area contributed by atoms with E-state index in [1.54, 1.807) is 0 Å². The molecule has 0 aromatic heterocycles. The molecule has 1 aromatic rings. The van der Waals surface area contributed by atoms with Crippen molar-refractivity contribution in [1.82, 2.24) is 4.31 Å². The van der Waals surface area contributed by atoms with E-state index in [1.807, 2.05) is 0 Å². The molecule has 9 heteroatoms. The minimum absolute atomic E-state index is 0.0627. The lowest BCUT2D eigenvalue weighted by atomic mass is 10.1. The quantitative estimate of drug-likeness (QED) is 0.860. The van der Waals surface area contributed by atoms with Gasteiger partial charge >= 0.3 is 5.97 Å². The minimum atomic E-state index is -4.19. The second-order valence-electron chi connectivity index (χ2n) is 4.77. The van der Waals surface area contributed by atoms with E-state index in [0.29, 0.717) is 6.42 Å². The number of aliphatic hydroxyl groups is 1. The van der Waals surface area contributed by atoms with Gasteiger partial charge in [0.2, 0.25) is 10.0 Å². The number of aromatic carboxylic acids is 1. The molecular formula is C12H13ClFNO5S. The van der Waals surface area contributed by atoms with Crippen molar-refractivity contribution >= 4 is 27.6 Å². The van der Waals surface area contributed by atoms with Crippen LogP contribution in [0.5, 0.6) is 0 Å². The van der Waals surface area contributed by atoms with Gasteiger partial charge in [-0.3, -0.25) is 0 Å². The fourth-order valence-electron chi connectivity index (χ4n) is 2.21. The maximum atomic E-state index is 14.1. The van der Waals surface area contributed by atoms with Crippen molar-refractivity contribution < 1.29 is 27.8 Å². The van der Waals surface area contributed by atoms with Crippen molar-refractivity contribution in [3.8, 4) is 0 Å². The van der Waals surface area contributed by atoms with Crippen molar-refractivity contribution in [3.05, 3.63) is 28.5 Å². The van der Waals surface area contributed by atoms with Gasteiger partial charge in [-0.25, -0.2) is 17.6 Å². The molecule has 1 aliphatic rings. The first-order valence-corrected chi connectivity index (χ1v) is 7.92. The average molecular weight is 338 g/mol. The van der Waals surface area contributed by atoms with Crippen LogP contribution in [0.25, 0.3) is 0 Å². The van der Waals surface area contributed by atoms with E-state index >= 15 is 0 Å². The van der Waals surface area contributed by atoms with E-state index in [9.17, 15) is 17.6 Å². The van der Waals surface area contributed by atoms with Gasteiger partial charge in [0.05, 0.1) is 5.56 Å². The zero-order valence-corrected chi connectivity index (χ0v) is 12.4. The highest BCUT2D eigenvalue weighted by Crippen LogP contribution is 2.29. The highest BCUT2D eigenvalue weighted by atomic mass is 35.5. The van der Waals surface area contributed by atoms with Crippen molar-refractivity contribution in [2.24, 2.45) is 5.92 Å². The van der Waals surface area contributed by atoms with E-state index in [0.717, 1.165) is 16.4 Å². The van der Waals surface area contributed by atoms with Gasteiger partial charge in [0.15, 0.2) is 5.82 Å². The second kappa shape index (κ2) is 5.88. The number of benzene rings is 1. The number of hydrogen-bond acceptors (Lipinski definition) is 4. The number of sulfonamides is 1. The van der Waals surface area contributed by atoms with Crippen molar-refractivity contribution in [1.29, 1.82) is 0 Å². The predicted octanol–water partition coefficient (Wildman–Crippen LogP) is 1.18. The minimum Gasteiger partial charge on any atom is -0.478 e. The molecule has 6 nitrogen and oxygen atoms in total. The summed E-state index contributed by atoms with van der Waals surface area (Å²) in [7, 11) is -4.19. The molecule has 0 bridgehead atoms. The van der Waals surface area contributed by atoms with Crippen LogP contribution in [0.15, 0.2) is 17.0 Å². The number of halogens is 2. The van der Waals surface area contributed by atoms with Gasteiger partial charge in [0.25, 0.3) is 0 Å². The summed E-state index contributed by atoms with van der Waals surface area (Å²) in [6.07, 6.45) is 0.462. The Kier molecular flexibility index (Phi) is 4.52. The lowest BCUT2D eigenvalue weighted by Crippen LogP contribution is -2.30. The summed E-state index contributed by atoms with van der Waals surface area (Å²) in [5.74, 6) is -3.14. The highest BCUT2D eigenvalue weighted by molar-refractivity contribution is 7.89. The van der Waals surface area contributed by atoms with Crippen LogP contribution < -0.4 is 0 Å². The van der Waals surface area contributed by atoms with E-state index in [1.165, 1.54) is 0 Å². The average Bonchev–Trinajstić information content (AvgIpc) is 2.90. The van der Waals surface area contributed by atoms with E-state index in [-0.39, 0.29) is 30.6 Å². The molecule has 1 heterocycles. The molecule has 0 spiro atoms. The van der Waals surface area contributed by atoms with Crippen molar-refractivity contribution in [2.75, 3.05) is 19.7 Å². The molecule has 1 aromatic carbocycles. The van der Waals surface area contributed by atoms with Gasteiger partial charge in [-0.15, -0.1) is 0 Å². The van der Waals surface area contributed by atoms with Gasteiger partial charge in [-0.05, 0) is 24.5 Å². The number of aliphatic hydroxyl groups excluding tert-OH is 1. The zero-order chi connectivity index (χ0) is 15.8. The Hall–Kier alpha value is -1.22. The Morgan fingerprint density at radius 1 is 1.48 bits per heavy atom. The fraction of sp³-hybridized carbons (Fsp3) is 0.417. The third-order valence-electron chi connectivity index (χ3n) is 3.36. The molecule has 21 heavy (non-hydrogen) atoms. The molecule has 1 atom stereocenters. The van der Waals surface area contributed by atoms with Crippen LogP contribution in [0.1, 0.15) is 16.8 Å². The number of carboxylic acid groups (broad SMARTS) is 1. The molecule has 2 N–H and O–H groups in total. The zero-order valence-electron chi connectivity index (χ0n) is 10.8. The van der Waals surface area contributed by atoms with E-state index in [4.69, 9.17) is 21.8 Å². The van der Waals surface area contributed by atoms with Crippen LogP contribution in [0.3, 0.4) is 0 Å². The van der Waals surface area contributed by atoms with Crippen LogP contribution >= 0.6 is 11.6 Å². The van der Waals surface area contributed by atoms with E-state index in [2.05, 4.69) is 0 Å². The molecule has 1 saturated heterocycles. The number of carboxylic acids is 1.